The molecule has 2 aromatic rings. The molecule has 6 nitrogen and oxygen atoms in total. The van der Waals surface area contributed by atoms with Crippen LogP contribution in [0.1, 0.15) is 44.0 Å². The maximum Gasteiger partial charge on any atom is 0.573 e. The first-order chi connectivity index (χ1) is 12.6. The van der Waals surface area contributed by atoms with Gasteiger partial charge in [0.2, 0.25) is 11.8 Å². The number of rotatable bonds is 5. The third-order valence-electron chi connectivity index (χ3n) is 4.67. The van der Waals surface area contributed by atoms with E-state index in [1.165, 1.54) is 12.1 Å². The van der Waals surface area contributed by atoms with Crippen LogP contribution in [0.2, 0.25) is 0 Å². The SMILES string of the molecule is CC(C)(c1ccc(OC(F)(F)F)cc1)c1noc(CC2CCC(=O)NC2)n1. The van der Waals surface area contributed by atoms with Crippen LogP contribution in [0, 0.1) is 5.92 Å². The number of nitrogens with zero attached hydrogens (tertiary/aromatic N) is 2. The number of benzene rings is 1. The van der Waals surface area contributed by atoms with Gasteiger partial charge in [0.25, 0.3) is 0 Å². The molecule has 0 radical (unpaired) electrons. The van der Waals surface area contributed by atoms with Gasteiger partial charge in [-0.25, -0.2) is 0 Å². The summed E-state index contributed by atoms with van der Waals surface area (Å²) in [7, 11) is 0. The minimum absolute atomic E-state index is 0.0524. The Kier molecular flexibility index (Phi) is 5.12. The number of hydrogen-bond acceptors (Lipinski definition) is 5. The summed E-state index contributed by atoms with van der Waals surface area (Å²) >= 11 is 0. The Morgan fingerprint density at radius 3 is 2.56 bits per heavy atom. The summed E-state index contributed by atoms with van der Waals surface area (Å²) in [5, 5.41) is 6.86. The summed E-state index contributed by atoms with van der Waals surface area (Å²) in [6.07, 6.45) is -2.89. The largest absolute Gasteiger partial charge is 0.573 e. The van der Waals surface area contributed by atoms with Crippen molar-refractivity contribution in [1.29, 1.82) is 0 Å². The van der Waals surface area contributed by atoms with Gasteiger partial charge in [-0.1, -0.05) is 17.3 Å². The molecule has 1 aliphatic rings. The molecule has 1 aromatic carbocycles. The van der Waals surface area contributed by atoms with E-state index >= 15 is 0 Å². The van der Waals surface area contributed by atoms with Gasteiger partial charge in [0, 0.05) is 19.4 Å². The van der Waals surface area contributed by atoms with Crippen LogP contribution in [0.15, 0.2) is 28.8 Å². The van der Waals surface area contributed by atoms with E-state index in [2.05, 4.69) is 20.2 Å². The van der Waals surface area contributed by atoms with Crippen molar-refractivity contribution in [3.63, 3.8) is 0 Å². The quantitative estimate of drug-likeness (QED) is 0.857. The van der Waals surface area contributed by atoms with Crippen LogP contribution in [0.3, 0.4) is 0 Å². The van der Waals surface area contributed by atoms with Crippen LogP contribution in [-0.2, 0) is 16.6 Å². The normalized spacial score (nSPS) is 18.3. The smallest absolute Gasteiger partial charge is 0.406 e. The highest BCUT2D eigenvalue weighted by atomic mass is 19.4. The van der Waals surface area contributed by atoms with Gasteiger partial charge in [-0.3, -0.25) is 4.79 Å². The van der Waals surface area contributed by atoms with Gasteiger partial charge in [0.15, 0.2) is 5.82 Å². The first-order valence-electron chi connectivity index (χ1n) is 8.59. The highest BCUT2D eigenvalue weighted by Gasteiger charge is 2.32. The first kappa shape index (κ1) is 19.2. The van der Waals surface area contributed by atoms with Crippen molar-refractivity contribution in [1.82, 2.24) is 15.5 Å². The van der Waals surface area contributed by atoms with E-state index in [1.807, 2.05) is 13.8 Å². The molecule has 1 atom stereocenters. The van der Waals surface area contributed by atoms with Crippen LogP contribution in [0.25, 0.3) is 0 Å². The number of nitrogens with one attached hydrogen (secondary N) is 1. The molecule has 1 amide bonds. The molecule has 1 saturated heterocycles. The van der Waals surface area contributed by atoms with Gasteiger partial charge < -0.3 is 14.6 Å². The maximum atomic E-state index is 12.3. The van der Waals surface area contributed by atoms with Crippen molar-refractivity contribution in [2.24, 2.45) is 5.92 Å². The van der Waals surface area contributed by atoms with Crippen LogP contribution in [-0.4, -0.2) is 29.0 Å². The van der Waals surface area contributed by atoms with Crippen LogP contribution >= 0.6 is 0 Å². The lowest BCUT2D eigenvalue weighted by atomic mass is 9.84. The summed E-state index contributed by atoms with van der Waals surface area (Å²) in [6.45, 7) is 4.31. The minimum atomic E-state index is -4.72. The Bertz CT molecular complexity index is 790. The third kappa shape index (κ3) is 4.78. The molecule has 1 aliphatic heterocycles. The van der Waals surface area contributed by atoms with Crippen LogP contribution in [0.4, 0.5) is 13.2 Å². The molecule has 1 N–H and O–H groups in total. The summed E-state index contributed by atoms with van der Waals surface area (Å²) < 4.78 is 46.1. The van der Waals surface area contributed by atoms with Gasteiger partial charge in [0.05, 0.1) is 5.41 Å². The lowest BCUT2D eigenvalue weighted by Gasteiger charge is -2.22. The van der Waals surface area contributed by atoms with Gasteiger partial charge in [0.1, 0.15) is 5.75 Å². The number of carbonyl (C=O) groups is 1. The Morgan fingerprint density at radius 2 is 1.96 bits per heavy atom. The number of piperidine rings is 1. The molecule has 9 heteroatoms. The molecule has 1 fully saturated rings. The third-order valence-corrected chi connectivity index (χ3v) is 4.67. The molecule has 0 aliphatic carbocycles. The summed E-state index contributed by atoms with van der Waals surface area (Å²) in [4.78, 5) is 15.7. The molecule has 1 unspecified atom stereocenters. The van der Waals surface area contributed by atoms with Gasteiger partial charge in [-0.2, -0.15) is 4.98 Å². The maximum absolute atomic E-state index is 12.3. The zero-order valence-electron chi connectivity index (χ0n) is 15.0. The highest BCUT2D eigenvalue weighted by molar-refractivity contribution is 5.76. The molecular weight excluding hydrogens is 363 g/mol. The number of aromatic nitrogens is 2. The van der Waals surface area contributed by atoms with E-state index in [9.17, 15) is 18.0 Å². The standard InChI is InChI=1S/C18H20F3N3O3/c1-17(2,12-4-6-13(7-5-12)26-18(19,20)21)16-23-15(27-24-16)9-11-3-8-14(25)22-10-11/h4-7,11H,3,8-10H2,1-2H3,(H,22,25). The van der Waals surface area contributed by atoms with Crippen molar-refractivity contribution < 1.29 is 27.2 Å². The molecule has 146 valence electrons. The van der Waals surface area contributed by atoms with Gasteiger partial charge in [-0.15, -0.1) is 13.2 Å². The van der Waals surface area contributed by atoms with E-state index < -0.39 is 11.8 Å². The lowest BCUT2D eigenvalue weighted by Crippen LogP contribution is -2.35. The number of halogens is 3. The summed E-state index contributed by atoms with van der Waals surface area (Å²) in [6, 6.07) is 5.62. The van der Waals surface area contributed by atoms with E-state index in [0.29, 0.717) is 31.1 Å². The van der Waals surface area contributed by atoms with Crippen molar-refractivity contribution in [2.75, 3.05) is 6.54 Å². The first-order valence-corrected chi connectivity index (χ1v) is 8.59. The Hall–Kier alpha value is -2.58. The van der Waals surface area contributed by atoms with Gasteiger partial charge >= 0.3 is 6.36 Å². The molecule has 0 bridgehead atoms. The van der Waals surface area contributed by atoms with Crippen molar-refractivity contribution >= 4 is 5.91 Å². The molecule has 2 heterocycles. The Balaban J connectivity index is 1.69. The second-order valence-corrected chi connectivity index (χ2v) is 7.12. The summed E-state index contributed by atoms with van der Waals surface area (Å²) in [5.41, 5.74) is 0.0774. The Morgan fingerprint density at radius 1 is 1.26 bits per heavy atom. The van der Waals surface area contributed by atoms with E-state index in [4.69, 9.17) is 4.52 Å². The summed E-state index contributed by atoms with van der Waals surface area (Å²) in [5.74, 6) is 0.947. The molecule has 1 aromatic heterocycles. The zero-order chi connectivity index (χ0) is 19.7. The molecule has 3 rings (SSSR count). The van der Waals surface area contributed by atoms with E-state index in [0.717, 1.165) is 12.0 Å². The number of carbonyl (C=O) groups excluding carboxylic acids is 1. The molecule has 0 spiro atoms. The molecule has 0 saturated carbocycles. The predicted molar refractivity (Wildman–Crippen MR) is 89.0 cm³/mol. The predicted octanol–water partition coefficient (Wildman–Crippen LogP) is 3.36. The topological polar surface area (TPSA) is 77.2 Å². The molecular formula is C18H20F3N3O3. The average molecular weight is 383 g/mol. The minimum Gasteiger partial charge on any atom is -0.406 e. The second-order valence-electron chi connectivity index (χ2n) is 7.12. The average Bonchev–Trinajstić information content (AvgIpc) is 3.05. The monoisotopic (exact) mass is 383 g/mol. The van der Waals surface area contributed by atoms with E-state index in [-0.39, 0.29) is 17.6 Å². The van der Waals surface area contributed by atoms with Crippen molar-refractivity contribution in [3.05, 3.63) is 41.5 Å². The highest BCUT2D eigenvalue weighted by Crippen LogP contribution is 2.32. The second kappa shape index (κ2) is 7.21. The fourth-order valence-electron chi connectivity index (χ4n) is 3.00. The van der Waals surface area contributed by atoms with Crippen molar-refractivity contribution in [2.45, 2.75) is 44.9 Å². The number of hydrogen-bond donors (Lipinski definition) is 1. The van der Waals surface area contributed by atoms with E-state index in [1.54, 1.807) is 12.1 Å². The lowest BCUT2D eigenvalue weighted by molar-refractivity contribution is -0.274. The fourth-order valence-corrected chi connectivity index (χ4v) is 3.00. The Labute approximate surface area is 154 Å². The zero-order valence-corrected chi connectivity index (χ0v) is 15.0. The van der Waals surface area contributed by atoms with Crippen LogP contribution in [0.5, 0.6) is 5.75 Å². The number of ether oxygens (including phenoxy) is 1. The number of amides is 1. The van der Waals surface area contributed by atoms with Crippen LogP contribution < -0.4 is 10.1 Å². The fraction of sp³-hybridized carbons (Fsp3) is 0.500. The number of alkyl halides is 3. The van der Waals surface area contributed by atoms with Crippen molar-refractivity contribution in [3.8, 4) is 5.75 Å². The molecule has 27 heavy (non-hydrogen) atoms. The van der Waals surface area contributed by atoms with Gasteiger partial charge in [-0.05, 0) is 43.9 Å².